The van der Waals surface area contributed by atoms with Crippen molar-refractivity contribution in [3.8, 4) is 0 Å². The van der Waals surface area contributed by atoms with Gasteiger partial charge in [-0.25, -0.2) is 0 Å². The van der Waals surface area contributed by atoms with Crippen molar-refractivity contribution >= 4 is 5.69 Å². The first-order chi connectivity index (χ1) is 8.74. The Hall–Kier alpha value is -1.06. The minimum Gasteiger partial charge on any atom is -0.384 e. The first-order valence-corrected chi connectivity index (χ1v) is 6.78. The van der Waals surface area contributed by atoms with Gasteiger partial charge in [-0.1, -0.05) is 17.7 Å². The lowest BCUT2D eigenvalue weighted by atomic mass is 9.97. The predicted molar refractivity (Wildman–Crippen MR) is 75.9 cm³/mol. The fourth-order valence-electron chi connectivity index (χ4n) is 2.84. The Bertz CT molecular complexity index is 390. The van der Waals surface area contributed by atoms with Gasteiger partial charge < -0.3 is 15.4 Å². The van der Waals surface area contributed by atoms with Gasteiger partial charge in [0.25, 0.3) is 0 Å². The molecule has 0 radical (unpaired) electrons. The van der Waals surface area contributed by atoms with Crippen LogP contribution in [0.1, 0.15) is 24.0 Å². The second-order valence-corrected chi connectivity index (χ2v) is 5.25. The van der Waals surface area contributed by atoms with Crippen molar-refractivity contribution in [2.45, 2.75) is 26.3 Å². The average molecular weight is 248 g/mol. The quantitative estimate of drug-likeness (QED) is 0.888. The highest BCUT2D eigenvalue weighted by molar-refractivity contribution is 5.55. The normalized spacial score (nSPS) is 20.2. The number of nitrogens with two attached hydrogens (primary N) is 1. The molecule has 1 aliphatic rings. The fraction of sp³-hybridized carbons (Fsp3) is 0.600. The Balaban J connectivity index is 2.15. The smallest absolute Gasteiger partial charge is 0.0507 e. The molecule has 1 aromatic carbocycles. The first kappa shape index (κ1) is 13.4. The van der Waals surface area contributed by atoms with E-state index in [1.807, 2.05) is 0 Å². The van der Waals surface area contributed by atoms with Crippen LogP contribution in [0, 0.1) is 12.8 Å². The van der Waals surface area contributed by atoms with Crippen LogP contribution >= 0.6 is 0 Å². The Morgan fingerprint density at radius 3 is 3.00 bits per heavy atom. The van der Waals surface area contributed by atoms with Crippen LogP contribution in [0.5, 0.6) is 0 Å². The number of hydrogen-bond acceptors (Lipinski definition) is 3. The number of methoxy groups -OCH3 is 1. The summed E-state index contributed by atoms with van der Waals surface area (Å²) < 4.78 is 5.29. The van der Waals surface area contributed by atoms with Gasteiger partial charge in [0.2, 0.25) is 0 Å². The number of benzene rings is 1. The lowest BCUT2D eigenvalue weighted by Gasteiger charge is -2.35. The van der Waals surface area contributed by atoms with Gasteiger partial charge in [0.1, 0.15) is 0 Å². The molecule has 100 valence electrons. The summed E-state index contributed by atoms with van der Waals surface area (Å²) in [5, 5.41) is 0. The summed E-state index contributed by atoms with van der Waals surface area (Å²) in [7, 11) is 1.79. The van der Waals surface area contributed by atoms with Gasteiger partial charge in [0.15, 0.2) is 0 Å². The summed E-state index contributed by atoms with van der Waals surface area (Å²) in [6.07, 6.45) is 2.51. The molecule has 3 heteroatoms. The van der Waals surface area contributed by atoms with E-state index < -0.39 is 0 Å². The molecule has 0 saturated carbocycles. The molecule has 0 spiro atoms. The maximum absolute atomic E-state index is 5.87. The van der Waals surface area contributed by atoms with Gasteiger partial charge in [-0.2, -0.15) is 0 Å². The second-order valence-electron chi connectivity index (χ2n) is 5.25. The summed E-state index contributed by atoms with van der Waals surface area (Å²) in [6.45, 7) is 5.82. The van der Waals surface area contributed by atoms with E-state index in [9.17, 15) is 0 Å². The van der Waals surface area contributed by atoms with Crippen LogP contribution in [0.15, 0.2) is 18.2 Å². The molecule has 2 rings (SSSR count). The van der Waals surface area contributed by atoms with E-state index in [-0.39, 0.29) is 0 Å². The minimum absolute atomic E-state index is 0.614. The van der Waals surface area contributed by atoms with E-state index in [1.165, 1.54) is 29.7 Å². The molecule has 1 fully saturated rings. The number of ether oxygens (including phenoxy) is 1. The Morgan fingerprint density at radius 1 is 1.44 bits per heavy atom. The molecule has 1 aliphatic heterocycles. The van der Waals surface area contributed by atoms with Crippen LogP contribution in [0.2, 0.25) is 0 Å². The van der Waals surface area contributed by atoms with Crippen LogP contribution < -0.4 is 10.6 Å². The minimum atomic E-state index is 0.614. The zero-order chi connectivity index (χ0) is 13.0. The third kappa shape index (κ3) is 3.03. The summed E-state index contributed by atoms with van der Waals surface area (Å²) in [5.74, 6) is 0.649. The van der Waals surface area contributed by atoms with Crippen molar-refractivity contribution in [1.29, 1.82) is 0 Å². The summed E-state index contributed by atoms with van der Waals surface area (Å²) in [5.41, 5.74) is 9.72. The third-order valence-corrected chi connectivity index (χ3v) is 3.72. The molecule has 18 heavy (non-hydrogen) atoms. The van der Waals surface area contributed by atoms with Crippen LogP contribution in [0.25, 0.3) is 0 Å². The topological polar surface area (TPSA) is 38.5 Å². The first-order valence-electron chi connectivity index (χ1n) is 6.78. The lowest BCUT2D eigenvalue weighted by molar-refractivity contribution is 0.143. The number of rotatable bonds is 4. The number of anilines is 1. The molecular formula is C15H24N2O. The number of aryl methyl sites for hydroxylation is 1. The number of hydrogen-bond donors (Lipinski definition) is 1. The molecule has 1 unspecified atom stereocenters. The van der Waals surface area contributed by atoms with Gasteiger partial charge >= 0.3 is 0 Å². The number of piperidine rings is 1. The van der Waals surface area contributed by atoms with Gasteiger partial charge in [0, 0.05) is 32.4 Å². The Morgan fingerprint density at radius 2 is 2.28 bits per heavy atom. The molecule has 3 nitrogen and oxygen atoms in total. The molecule has 1 heterocycles. The van der Waals surface area contributed by atoms with Gasteiger partial charge in [-0.05, 0) is 37.3 Å². The highest BCUT2D eigenvalue weighted by Crippen LogP contribution is 2.27. The summed E-state index contributed by atoms with van der Waals surface area (Å²) in [4.78, 5) is 2.47. The highest BCUT2D eigenvalue weighted by atomic mass is 16.5. The van der Waals surface area contributed by atoms with E-state index in [0.717, 1.165) is 19.7 Å². The molecule has 1 atom stereocenters. The van der Waals surface area contributed by atoms with Crippen molar-refractivity contribution in [3.05, 3.63) is 29.3 Å². The van der Waals surface area contributed by atoms with E-state index in [2.05, 4.69) is 30.0 Å². The van der Waals surface area contributed by atoms with E-state index in [1.54, 1.807) is 7.11 Å². The molecular weight excluding hydrogens is 224 g/mol. The summed E-state index contributed by atoms with van der Waals surface area (Å²) >= 11 is 0. The van der Waals surface area contributed by atoms with E-state index in [4.69, 9.17) is 10.5 Å². The molecule has 0 amide bonds. The summed E-state index contributed by atoms with van der Waals surface area (Å²) in [6, 6.07) is 6.59. The van der Waals surface area contributed by atoms with E-state index in [0.29, 0.717) is 12.5 Å². The lowest BCUT2D eigenvalue weighted by Crippen LogP contribution is -2.37. The number of nitrogens with zero attached hydrogens (tertiary/aromatic N) is 1. The van der Waals surface area contributed by atoms with E-state index >= 15 is 0 Å². The predicted octanol–water partition coefficient (Wildman–Crippen LogP) is 2.32. The molecule has 0 aliphatic carbocycles. The van der Waals surface area contributed by atoms with Crippen molar-refractivity contribution in [1.82, 2.24) is 0 Å². The fourth-order valence-corrected chi connectivity index (χ4v) is 2.84. The zero-order valence-corrected chi connectivity index (χ0v) is 11.5. The standard InChI is InChI=1S/C15H24N2O/c1-12-5-6-15(14(8-12)9-16)17-7-3-4-13(10-17)11-18-2/h5-6,8,13H,3-4,7,9-11,16H2,1-2H3. The van der Waals surface area contributed by atoms with Crippen LogP contribution in [0.4, 0.5) is 5.69 Å². The zero-order valence-electron chi connectivity index (χ0n) is 11.5. The largest absolute Gasteiger partial charge is 0.384 e. The van der Waals surface area contributed by atoms with Crippen LogP contribution in [-0.4, -0.2) is 26.8 Å². The maximum Gasteiger partial charge on any atom is 0.0507 e. The SMILES string of the molecule is COCC1CCCN(c2ccc(C)cc2CN)C1. The Labute approximate surface area is 110 Å². The second kappa shape index (κ2) is 6.21. The third-order valence-electron chi connectivity index (χ3n) is 3.72. The van der Waals surface area contributed by atoms with Crippen molar-refractivity contribution in [2.24, 2.45) is 11.7 Å². The van der Waals surface area contributed by atoms with Crippen LogP contribution in [-0.2, 0) is 11.3 Å². The van der Waals surface area contributed by atoms with Gasteiger partial charge in [-0.15, -0.1) is 0 Å². The Kier molecular flexibility index (Phi) is 4.61. The molecule has 0 aromatic heterocycles. The molecule has 1 saturated heterocycles. The molecule has 0 bridgehead atoms. The van der Waals surface area contributed by atoms with Crippen molar-refractivity contribution < 1.29 is 4.74 Å². The van der Waals surface area contributed by atoms with Crippen molar-refractivity contribution in [2.75, 3.05) is 31.7 Å². The van der Waals surface area contributed by atoms with Crippen LogP contribution in [0.3, 0.4) is 0 Å². The molecule has 2 N–H and O–H groups in total. The molecule has 1 aromatic rings. The maximum atomic E-state index is 5.87. The van der Waals surface area contributed by atoms with Gasteiger partial charge in [0.05, 0.1) is 6.61 Å². The average Bonchev–Trinajstić information content (AvgIpc) is 2.39. The van der Waals surface area contributed by atoms with Gasteiger partial charge in [-0.3, -0.25) is 0 Å². The van der Waals surface area contributed by atoms with Crippen molar-refractivity contribution in [3.63, 3.8) is 0 Å². The monoisotopic (exact) mass is 248 g/mol. The highest BCUT2D eigenvalue weighted by Gasteiger charge is 2.21.